The summed E-state index contributed by atoms with van der Waals surface area (Å²) in [5.74, 6) is 0.850. The fourth-order valence-electron chi connectivity index (χ4n) is 2.53. The molecule has 0 N–H and O–H groups in total. The Kier molecular flexibility index (Phi) is 2.10. The Hall–Kier alpha value is -1.57. The summed E-state index contributed by atoms with van der Waals surface area (Å²) in [4.78, 5) is 4.59. The van der Waals surface area contributed by atoms with Gasteiger partial charge in [-0.1, -0.05) is 25.1 Å². The predicted octanol–water partition coefficient (Wildman–Crippen LogP) is 3.12. The summed E-state index contributed by atoms with van der Waals surface area (Å²) in [6.07, 6.45) is 2.31. The highest BCUT2D eigenvalue weighted by molar-refractivity contribution is 5.84. The molecule has 1 aromatic carbocycles. The second-order valence-electron chi connectivity index (χ2n) is 4.38. The Morgan fingerprint density at radius 1 is 1.38 bits per heavy atom. The summed E-state index contributed by atoms with van der Waals surface area (Å²) in [5, 5.41) is 1.28. The molecule has 1 aliphatic heterocycles. The molecule has 0 saturated heterocycles. The van der Waals surface area contributed by atoms with E-state index in [0.717, 1.165) is 24.2 Å². The maximum Gasteiger partial charge on any atom is 0.217 e. The number of aromatic nitrogens is 1. The molecule has 0 radical (unpaired) electrons. The molecule has 3 rings (SSSR count). The molecule has 1 atom stereocenters. The number of hydrogen-bond donors (Lipinski definition) is 0. The van der Waals surface area contributed by atoms with Gasteiger partial charge >= 0.3 is 0 Å². The van der Waals surface area contributed by atoms with E-state index in [9.17, 15) is 0 Å². The van der Waals surface area contributed by atoms with Gasteiger partial charge < -0.3 is 4.74 Å². The molecular weight excluding hydrogens is 198 g/mol. The second-order valence-corrected chi connectivity index (χ2v) is 4.38. The Labute approximate surface area is 95.3 Å². The summed E-state index contributed by atoms with van der Waals surface area (Å²) >= 11 is 0. The molecule has 2 nitrogen and oxygen atoms in total. The molecule has 0 spiro atoms. The van der Waals surface area contributed by atoms with Gasteiger partial charge in [-0.2, -0.15) is 0 Å². The van der Waals surface area contributed by atoms with Gasteiger partial charge in [0.15, 0.2) is 0 Å². The number of pyridine rings is 1. The van der Waals surface area contributed by atoms with E-state index in [-0.39, 0.29) is 6.10 Å². The summed E-state index contributed by atoms with van der Waals surface area (Å²) in [7, 11) is 0. The number of rotatable bonds is 1. The van der Waals surface area contributed by atoms with Crippen molar-refractivity contribution >= 4 is 10.9 Å². The molecule has 0 aliphatic carbocycles. The lowest BCUT2D eigenvalue weighted by atomic mass is 9.99. The van der Waals surface area contributed by atoms with Crippen LogP contribution in [-0.2, 0) is 12.8 Å². The minimum atomic E-state index is 0.268. The summed E-state index contributed by atoms with van der Waals surface area (Å²) in [5.41, 5.74) is 3.77. The van der Waals surface area contributed by atoms with Crippen LogP contribution in [0.4, 0.5) is 0 Å². The van der Waals surface area contributed by atoms with E-state index in [2.05, 4.69) is 37.0 Å². The molecule has 0 fully saturated rings. The molecule has 0 saturated carbocycles. The first kappa shape index (κ1) is 9.64. The number of aryl methyl sites for hydroxylation is 1. The van der Waals surface area contributed by atoms with E-state index in [1.165, 1.54) is 16.5 Å². The molecule has 0 bridgehead atoms. The molecule has 0 amide bonds. The van der Waals surface area contributed by atoms with Crippen LogP contribution in [0.2, 0.25) is 0 Å². The quantitative estimate of drug-likeness (QED) is 0.726. The highest BCUT2D eigenvalue weighted by Crippen LogP contribution is 2.34. The number of benzene rings is 1. The minimum Gasteiger partial charge on any atom is -0.474 e. The molecule has 2 aromatic rings. The predicted molar refractivity (Wildman–Crippen MR) is 64.9 cm³/mol. The van der Waals surface area contributed by atoms with Gasteiger partial charge in [-0.3, -0.25) is 0 Å². The number of nitrogens with zero attached hydrogens (tertiary/aromatic N) is 1. The second kappa shape index (κ2) is 3.48. The van der Waals surface area contributed by atoms with Crippen LogP contribution < -0.4 is 4.74 Å². The summed E-state index contributed by atoms with van der Waals surface area (Å²) < 4.78 is 5.75. The van der Waals surface area contributed by atoms with Gasteiger partial charge in [0.1, 0.15) is 6.10 Å². The highest BCUT2D eigenvalue weighted by Gasteiger charge is 2.24. The van der Waals surface area contributed by atoms with Gasteiger partial charge in [-0.05, 0) is 25.0 Å². The molecule has 1 aliphatic rings. The Balaban J connectivity index is 2.34. The largest absolute Gasteiger partial charge is 0.474 e. The number of fused-ring (bicyclic) bond motifs is 2. The van der Waals surface area contributed by atoms with Crippen LogP contribution in [0.15, 0.2) is 24.3 Å². The first-order valence-corrected chi connectivity index (χ1v) is 5.86. The average molecular weight is 213 g/mol. The highest BCUT2D eigenvalue weighted by atomic mass is 16.5. The first-order chi connectivity index (χ1) is 7.79. The lowest BCUT2D eigenvalue weighted by Gasteiger charge is -2.08. The topological polar surface area (TPSA) is 22.1 Å². The Morgan fingerprint density at radius 3 is 3.00 bits per heavy atom. The van der Waals surface area contributed by atoms with Gasteiger partial charge in [0, 0.05) is 17.4 Å². The fourth-order valence-corrected chi connectivity index (χ4v) is 2.53. The van der Waals surface area contributed by atoms with Crippen LogP contribution >= 0.6 is 0 Å². The van der Waals surface area contributed by atoms with E-state index < -0.39 is 0 Å². The zero-order chi connectivity index (χ0) is 11.1. The lowest BCUT2D eigenvalue weighted by molar-refractivity contribution is 0.247. The third kappa shape index (κ3) is 1.29. The maximum absolute atomic E-state index is 5.75. The number of hydrogen-bond acceptors (Lipinski definition) is 2. The van der Waals surface area contributed by atoms with E-state index >= 15 is 0 Å². The van der Waals surface area contributed by atoms with E-state index in [0.29, 0.717) is 0 Å². The molecule has 82 valence electrons. The third-order valence-electron chi connectivity index (χ3n) is 3.23. The van der Waals surface area contributed by atoms with Crippen molar-refractivity contribution in [2.45, 2.75) is 32.8 Å². The third-order valence-corrected chi connectivity index (χ3v) is 3.23. The van der Waals surface area contributed by atoms with Crippen molar-refractivity contribution in [1.82, 2.24) is 4.98 Å². The Bertz CT molecular complexity index is 548. The average Bonchev–Trinajstić information content (AvgIpc) is 2.65. The number of ether oxygens (including phenoxy) is 1. The van der Waals surface area contributed by atoms with Crippen molar-refractivity contribution in [3.8, 4) is 5.88 Å². The van der Waals surface area contributed by atoms with Crippen LogP contribution in [0, 0.1) is 0 Å². The van der Waals surface area contributed by atoms with Crippen LogP contribution in [0.1, 0.15) is 25.0 Å². The zero-order valence-corrected chi connectivity index (χ0v) is 9.66. The van der Waals surface area contributed by atoms with Gasteiger partial charge in [0.05, 0.1) is 5.52 Å². The summed E-state index contributed by atoms with van der Waals surface area (Å²) in [6, 6.07) is 8.32. The van der Waals surface area contributed by atoms with Gasteiger partial charge in [0.25, 0.3) is 0 Å². The maximum atomic E-state index is 5.75. The molecule has 0 unspecified atom stereocenters. The fraction of sp³-hybridized carbons (Fsp3) is 0.357. The Morgan fingerprint density at radius 2 is 2.19 bits per heavy atom. The lowest BCUT2D eigenvalue weighted by Crippen LogP contribution is -2.05. The summed E-state index contributed by atoms with van der Waals surface area (Å²) in [6.45, 7) is 4.30. The van der Waals surface area contributed by atoms with E-state index in [1.54, 1.807) is 0 Å². The molecule has 2 heterocycles. The molecule has 16 heavy (non-hydrogen) atoms. The van der Waals surface area contributed by atoms with Crippen molar-refractivity contribution in [2.24, 2.45) is 0 Å². The van der Waals surface area contributed by atoms with Gasteiger partial charge in [-0.15, -0.1) is 0 Å². The van der Waals surface area contributed by atoms with Crippen molar-refractivity contribution in [1.29, 1.82) is 0 Å². The van der Waals surface area contributed by atoms with E-state index in [4.69, 9.17) is 4.74 Å². The van der Waals surface area contributed by atoms with Gasteiger partial charge in [0.2, 0.25) is 5.88 Å². The first-order valence-electron chi connectivity index (χ1n) is 5.86. The van der Waals surface area contributed by atoms with Crippen molar-refractivity contribution in [3.63, 3.8) is 0 Å². The monoisotopic (exact) mass is 213 g/mol. The molecule has 2 heteroatoms. The molecule has 1 aromatic heterocycles. The van der Waals surface area contributed by atoms with Crippen molar-refractivity contribution in [3.05, 3.63) is 35.4 Å². The van der Waals surface area contributed by atoms with Crippen LogP contribution in [-0.4, -0.2) is 11.1 Å². The van der Waals surface area contributed by atoms with Crippen LogP contribution in [0.3, 0.4) is 0 Å². The SMILES string of the molecule is CCc1c2c(nc3ccccc13)O[C@@H](C)C2. The molecular formula is C14H15NO. The van der Waals surface area contributed by atoms with Crippen LogP contribution in [0.5, 0.6) is 5.88 Å². The van der Waals surface area contributed by atoms with Crippen molar-refractivity contribution < 1.29 is 4.74 Å². The van der Waals surface area contributed by atoms with E-state index in [1.807, 2.05) is 6.07 Å². The van der Waals surface area contributed by atoms with Crippen molar-refractivity contribution in [2.75, 3.05) is 0 Å². The number of para-hydroxylation sites is 1. The van der Waals surface area contributed by atoms with Crippen LogP contribution in [0.25, 0.3) is 10.9 Å². The van der Waals surface area contributed by atoms with Gasteiger partial charge in [-0.25, -0.2) is 4.98 Å². The minimum absolute atomic E-state index is 0.268. The smallest absolute Gasteiger partial charge is 0.217 e. The normalized spacial score (nSPS) is 18.5. The zero-order valence-electron chi connectivity index (χ0n) is 9.66. The standard InChI is InChI=1S/C14H15NO/c1-3-10-11-6-4-5-7-13(11)15-14-12(10)8-9(2)16-14/h4-7,9H,3,8H2,1-2H3/t9-/m0/s1.